The number of rotatable bonds is 4. The summed E-state index contributed by atoms with van der Waals surface area (Å²) in [4.78, 5) is 12.3. The van der Waals surface area contributed by atoms with Crippen molar-refractivity contribution in [3.63, 3.8) is 0 Å². The lowest BCUT2D eigenvalue weighted by molar-refractivity contribution is 0.0925. The molecule has 0 spiro atoms. The van der Waals surface area contributed by atoms with Gasteiger partial charge in [-0.3, -0.25) is 4.79 Å². The van der Waals surface area contributed by atoms with E-state index in [-0.39, 0.29) is 11.9 Å². The van der Waals surface area contributed by atoms with Crippen LogP contribution < -0.4 is 5.32 Å². The van der Waals surface area contributed by atoms with Gasteiger partial charge in [-0.15, -0.1) is 0 Å². The molecule has 0 radical (unpaired) electrons. The summed E-state index contributed by atoms with van der Waals surface area (Å²) in [5, 5.41) is 3.72. The van der Waals surface area contributed by atoms with Crippen molar-refractivity contribution in [2.75, 3.05) is 0 Å². The number of nitrogens with one attached hydrogen (secondary N) is 1. The molecular weight excluding hydrogens is 270 g/mol. The van der Waals surface area contributed by atoms with Crippen molar-refractivity contribution >= 4 is 17.5 Å². The van der Waals surface area contributed by atoms with Crippen molar-refractivity contribution < 1.29 is 4.79 Å². The fraction of sp³-hybridized carbons (Fsp3) is 0.235. The molecule has 2 aromatic carbocycles. The van der Waals surface area contributed by atoms with E-state index in [1.54, 1.807) is 24.3 Å². The SMILES string of the molecule is CC(C)[C@@H](NC(=O)c1ccc(Cl)cc1)c1ccccc1. The molecule has 0 aliphatic rings. The van der Waals surface area contributed by atoms with E-state index in [2.05, 4.69) is 19.2 Å². The molecule has 3 heteroatoms. The number of carbonyl (C=O) groups excluding carboxylic acids is 1. The molecule has 2 nitrogen and oxygen atoms in total. The second-order valence-electron chi connectivity index (χ2n) is 5.11. The van der Waals surface area contributed by atoms with Crippen molar-refractivity contribution in [3.8, 4) is 0 Å². The largest absolute Gasteiger partial charge is 0.345 e. The monoisotopic (exact) mass is 287 g/mol. The Hall–Kier alpha value is -1.80. The number of hydrogen-bond donors (Lipinski definition) is 1. The summed E-state index contributed by atoms with van der Waals surface area (Å²) in [7, 11) is 0. The number of amides is 1. The zero-order valence-corrected chi connectivity index (χ0v) is 12.4. The van der Waals surface area contributed by atoms with Crippen LogP contribution in [0, 0.1) is 5.92 Å². The molecular formula is C17H18ClNO. The van der Waals surface area contributed by atoms with Crippen LogP contribution in [0.25, 0.3) is 0 Å². The minimum atomic E-state index is -0.0794. The molecule has 0 saturated carbocycles. The van der Waals surface area contributed by atoms with E-state index < -0.39 is 0 Å². The second kappa shape index (κ2) is 6.58. The van der Waals surface area contributed by atoms with E-state index in [1.807, 2.05) is 30.3 Å². The second-order valence-corrected chi connectivity index (χ2v) is 5.55. The lowest BCUT2D eigenvalue weighted by atomic mass is 9.95. The van der Waals surface area contributed by atoms with Gasteiger partial charge in [0.1, 0.15) is 0 Å². The Morgan fingerprint density at radius 1 is 1.00 bits per heavy atom. The molecule has 0 bridgehead atoms. The summed E-state index contributed by atoms with van der Waals surface area (Å²) in [6, 6.07) is 16.9. The fourth-order valence-electron chi connectivity index (χ4n) is 2.12. The minimum Gasteiger partial charge on any atom is -0.345 e. The quantitative estimate of drug-likeness (QED) is 0.883. The van der Waals surface area contributed by atoms with Crippen LogP contribution in [0.15, 0.2) is 54.6 Å². The zero-order chi connectivity index (χ0) is 14.5. The first-order valence-corrected chi connectivity index (χ1v) is 7.07. The van der Waals surface area contributed by atoms with Crippen LogP contribution in [-0.4, -0.2) is 5.91 Å². The number of carbonyl (C=O) groups is 1. The molecule has 1 amide bonds. The van der Waals surface area contributed by atoms with Crippen LogP contribution in [-0.2, 0) is 0 Å². The van der Waals surface area contributed by atoms with Gasteiger partial charge in [0.2, 0.25) is 0 Å². The molecule has 1 N–H and O–H groups in total. The molecule has 0 aliphatic carbocycles. The van der Waals surface area contributed by atoms with Crippen LogP contribution in [0.4, 0.5) is 0 Å². The highest BCUT2D eigenvalue weighted by atomic mass is 35.5. The summed E-state index contributed by atoms with van der Waals surface area (Å²) in [6.45, 7) is 4.19. The highest BCUT2D eigenvalue weighted by Crippen LogP contribution is 2.22. The van der Waals surface area contributed by atoms with Gasteiger partial charge in [-0.25, -0.2) is 0 Å². The maximum absolute atomic E-state index is 12.3. The van der Waals surface area contributed by atoms with Gasteiger partial charge in [0.15, 0.2) is 0 Å². The average molecular weight is 288 g/mol. The Kier molecular flexibility index (Phi) is 4.80. The number of hydrogen-bond acceptors (Lipinski definition) is 1. The molecule has 0 aliphatic heterocycles. The van der Waals surface area contributed by atoms with Gasteiger partial charge in [0.25, 0.3) is 5.91 Å². The van der Waals surface area contributed by atoms with Crippen LogP contribution in [0.5, 0.6) is 0 Å². The number of benzene rings is 2. The molecule has 0 unspecified atom stereocenters. The Bertz CT molecular complexity index is 563. The molecule has 104 valence electrons. The van der Waals surface area contributed by atoms with E-state index in [9.17, 15) is 4.79 Å². The summed E-state index contributed by atoms with van der Waals surface area (Å²) in [5.41, 5.74) is 1.74. The summed E-state index contributed by atoms with van der Waals surface area (Å²) >= 11 is 5.84. The van der Waals surface area contributed by atoms with Crippen molar-refractivity contribution in [2.45, 2.75) is 19.9 Å². The maximum Gasteiger partial charge on any atom is 0.251 e. The van der Waals surface area contributed by atoms with Gasteiger partial charge in [0.05, 0.1) is 6.04 Å². The van der Waals surface area contributed by atoms with Gasteiger partial charge < -0.3 is 5.32 Å². The molecule has 20 heavy (non-hydrogen) atoms. The van der Waals surface area contributed by atoms with E-state index >= 15 is 0 Å². The van der Waals surface area contributed by atoms with Crippen LogP contribution in [0.2, 0.25) is 5.02 Å². The number of halogens is 1. The van der Waals surface area contributed by atoms with Crippen molar-refractivity contribution in [1.82, 2.24) is 5.32 Å². The van der Waals surface area contributed by atoms with E-state index in [1.165, 1.54) is 0 Å². The summed E-state index contributed by atoms with van der Waals surface area (Å²) < 4.78 is 0. The first-order valence-electron chi connectivity index (χ1n) is 6.69. The van der Waals surface area contributed by atoms with Gasteiger partial charge >= 0.3 is 0 Å². The van der Waals surface area contributed by atoms with Gasteiger partial charge in [-0.05, 0) is 35.7 Å². The third kappa shape index (κ3) is 3.61. The summed E-state index contributed by atoms with van der Waals surface area (Å²) in [5.74, 6) is 0.234. The first-order chi connectivity index (χ1) is 9.58. The van der Waals surface area contributed by atoms with Crippen molar-refractivity contribution in [2.24, 2.45) is 5.92 Å². The molecule has 0 aromatic heterocycles. The average Bonchev–Trinajstić information content (AvgIpc) is 2.46. The third-order valence-corrected chi connectivity index (χ3v) is 3.47. The first kappa shape index (κ1) is 14.6. The Labute approximate surface area is 124 Å². The lowest BCUT2D eigenvalue weighted by Gasteiger charge is -2.23. The third-order valence-electron chi connectivity index (χ3n) is 3.22. The van der Waals surface area contributed by atoms with Crippen molar-refractivity contribution in [3.05, 3.63) is 70.7 Å². The smallest absolute Gasteiger partial charge is 0.251 e. The summed E-state index contributed by atoms with van der Waals surface area (Å²) in [6.07, 6.45) is 0. The van der Waals surface area contributed by atoms with E-state index in [0.29, 0.717) is 16.5 Å². The highest BCUT2D eigenvalue weighted by molar-refractivity contribution is 6.30. The van der Waals surface area contributed by atoms with Crippen LogP contribution >= 0.6 is 11.6 Å². The van der Waals surface area contributed by atoms with E-state index in [0.717, 1.165) is 5.56 Å². The Morgan fingerprint density at radius 3 is 2.15 bits per heavy atom. The lowest BCUT2D eigenvalue weighted by Crippen LogP contribution is -2.31. The van der Waals surface area contributed by atoms with Crippen LogP contribution in [0.1, 0.15) is 35.8 Å². The fourth-order valence-corrected chi connectivity index (χ4v) is 2.25. The maximum atomic E-state index is 12.3. The molecule has 0 heterocycles. The molecule has 2 aromatic rings. The predicted molar refractivity (Wildman–Crippen MR) is 82.9 cm³/mol. The van der Waals surface area contributed by atoms with Gasteiger partial charge in [-0.2, -0.15) is 0 Å². The topological polar surface area (TPSA) is 29.1 Å². The normalized spacial score (nSPS) is 12.2. The van der Waals surface area contributed by atoms with Crippen LogP contribution in [0.3, 0.4) is 0 Å². The molecule has 1 atom stereocenters. The van der Waals surface area contributed by atoms with E-state index in [4.69, 9.17) is 11.6 Å². The standard InChI is InChI=1S/C17H18ClNO/c1-12(2)16(13-6-4-3-5-7-13)19-17(20)14-8-10-15(18)11-9-14/h3-12,16H,1-2H3,(H,19,20)/t16-/m1/s1. The highest BCUT2D eigenvalue weighted by Gasteiger charge is 2.18. The zero-order valence-electron chi connectivity index (χ0n) is 11.6. The predicted octanol–water partition coefficient (Wildman–Crippen LogP) is 4.47. The Balaban J connectivity index is 2.17. The van der Waals surface area contributed by atoms with Crippen molar-refractivity contribution in [1.29, 1.82) is 0 Å². The molecule has 0 fully saturated rings. The van der Waals surface area contributed by atoms with Gasteiger partial charge in [0, 0.05) is 10.6 Å². The van der Waals surface area contributed by atoms with Gasteiger partial charge in [-0.1, -0.05) is 55.8 Å². The molecule has 2 rings (SSSR count). The molecule has 0 saturated heterocycles. The minimum absolute atomic E-state index is 0.000576. The Morgan fingerprint density at radius 2 is 1.60 bits per heavy atom.